The van der Waals surface area contributed by atoms with E-state index >= 15 is 0 Å². The fourth-order valence-electron chi connectivity index (χ4n) is 2.16. The number of carbonyl (C=O) groups is 1. The molecule has 0 radical (unpaired) electrons. The van der Waals surface area contributed by atoms with Crippen LogP contribution in [0, 0.1) is 20.8 Å². The van der Waals surface area contributed by atoms with Crippen molar-refractivity contribution in [1.29, 1.82) is 0 Å². The van der Waals surface area contributed by atoms with Crippen LogP contribution in [0.2, 0.25) is 0 Å². The van der Waals surface area contributed by atoms with E-state index in [9.17, 15) is 4.79 Å². The van der Waals surface area contributed by atoms with Crippen molar-refractivity contribution in [3.8, 4) is 0 Å². The second-order valence-corrected chi connectivity index (χ2v) is 4.76. The van der Waals surface area contributed by atoms with Gasteiger partial charge in [-0.1, -0.05) is 29.3 Å². The third kappa shape index (κ3) is 3.16. The van der Waals surface area contributed by atoms with Crippen LogP contribution in [0.4, 0.5) is 0 Å². The molecule has 0 bridgehead atoms. The Bertz CT molecular complexity index is 616. The lowest BCUT2D eigenvalue weighted by Gasteiger charge is -2.06. The van der Waals surface area contributed by atoms with E-state index in [2.05, 4.69) is 42.0 Å². The summed E-state index contributed by atoms with van der Waals surface area (Å²) in [5.41, 5.74) is 4.20. The van der Waals surface area contributed by atoms with Gasteiger partial charge in [0.2, 0.25) is 0 Å². The molecule has 0 amide bonds. The van der Waals surface area contributed by atoms with E-state index in [1.807, 2.05) is 0 Å². The van der Waals surface area contributed by atoms with Crippen molar-refractivity contribution >= 4 is 5.97 Å². The van der Waals surface area contributed by atoms with Gasteiger partial charge >= 0.3 is 5.97 Å². The molecule has 0 atom stereocenters. The van der Waals surface area contributed by atoms with Gasteiger partial charge in [0, 0.05) is 12.6 Å². The normalized spacial score (nSPS) is 10.5. The first kappa shape index (κ1) is 13.2. The summed E-state index contributed by atoms with van der Waals surface area (Å²) in [7, 11) is 0. The molecule has 0 spiro atoms. The molecule has 0 saturated carbocycles. The zero-order valence-electron chi connectivity index (χ0n) is 11.3. The monoisotopic (exact) mass is 256 g/mol. The molecule has 0 aliphatic heterocycles. The number of benzene rings is 1. The Morgan fingerprint density at radius 3 is 2.32 bits per heavy atom. The predicted octanol–water partition coefficient (Wildman–Crippen LogP) is 2.69. The molecule has 0 fully saturated rings. The molecule has 19 heavy (non-hydrogen) atoms. The summed E-state index contributed by atoms with van der Waals surface area (Å²) in [5, 5.41) is 8.94. The van der Waals surface area contributed by atoms with Crippen LogP contribution >= 0.6 is 0 Å². The molecule has 0 saturated heterocycles. The summed E-state index contributed by atoms with van der Waals surface area (Å²) in [4.78, 5) is 19.3. The zero-order chi connectivity index (χ0) is 14.0. The van der Waals surface area contributed by atoms with E-state index in [-0.39, 0.29) is 5.56 Å². The molecule has 2 aromatic rings. The van der Waals surface area contributed by atoms with Crippen LogP contribution in [0.1, 0.15) is 38.6 Å². The highest BCUT2D eigenvalue weighted by molar-refractivity contribution is 5.88. The summed E-state index contributed by atoms with van der Waals surface area (Å²) in [6.07, 6.45) is 1.99. The van der Waals surface area contributed by atoms with Crippen LogP contribution in [0.5, 0.6) is 0 Å². The van der Waals surface area contributed by atoms with Crippen molar-refractivity contribution in [2.45, 2.75) is 27.2 Å². The van der Waals surface area contributed by atoms with Crippen molar-refractivity contribution in [3.05, 3.63) is 58.2 Å². The lowest BCUT2D eigenvalue weighted by molar-refractivity contribution is 0.0695. The molecule has 4 heteroatoms. The van der Waals surface area contributed by atoms with Crippen molar-refractivity contribution in [3.63, 3.8) is 0 Å². The maximum Gasteiger partial charge on any atom is 0.339 e. The number of aromatic nitrogens is 2. The lowest BCUT2D eigenvalue weighted by atomic mass is 10.0. The van der Waals surface area contributed by atoms with E-state index in [4.69, 9.17) is 5.11 Å². The van der Waals surface area contributed by atoms with Crippen molar-refractivity contribution in [2.75, 3.05) is 0 Å². The highest BCUT2D eigenvalue weighted by Gasteiger charge is 2.10. The van der Waals surface area contributed by atoms with Crippen molar-refractivity contribution in [2.24, 2.45) is 0 Å². The molecule has 1 N–H and O–H groups in total. The Morgan fingerprint density at radius 1 is 1.16 bits per heavy atom. The number of nitrogens with zero attached hydrogens (tertiary/aromatic N) is 2. The van der Waals surface area contributed by atoms with Crippen molar-refractivity contribution in [1.82, 2.24) is 9.97 Å². The number of aromatic carboxylic acids is 1. The number of hydrogen-bond donors (Lipinski definition) is 1. The van der Waals surface area contributed by atoms with Gasteiger partial charge in [0.1, 0.15) is 5.82 Å². The summed E-state index contributed by atoms with van der Waals surface area (Å²) < 4.78 is 0. The molecule has 98 valence electrons. The van der Waals surface area contributed by atoms with Crippen LogP contribution in [0.3, 0.4) is 0 Å². The number of carboxylic acids is 1. The van der Waals surface area contributed by atoms with Gasteiger partial charge in [0.25, 0.3) is 0 Å². The van der Waals surface area contributed by atoms with Crippen LogP contribution < -0.4 is 0 Å². The average molecular weight is 256 g/mol. The average Bonchev–Trinajstić information content (AvgIpc) is 2.26. The van der Waals surface area contributed by atoms with E-state index in [1.54, 1.807) is 6.92 Å². The van der Waals surface area contributed by atoms with Gasteiger partial charge in [0.15, 0.2) is 0 Å². The molecule has 1 heterocycles. The van der Waals surface area contributed by atoms with E-state index in [0.717, 1.165) is 5.56 Å². The van der Waals surface area contributed by atoms with Gasteiger partial charge in [0.05, 0.1) is 11.3 Å². The maximum absolute atomic E-state index is 10.9. The summed E-state index contributed by atoms with van der Waals surface area (Å²) in [5.74, 6) is -0.344. The van der Waals surface area contributed by atoms with Gasteiger partial charge < -0.3 is 5.11 Å². The first-order valence-corrected chi connectivity index (χ1v) is 6.08. The Balaban J connectivity index is 2.28. The smallest absolute Gasteiger partial charge is 0.339 e. The third-order valence-electron chi connectivity index (χ3n) is 2.90. The first-order chi connectivity index (χ1) is 8.95. The topological polar surface area (TPSA) is 63.1 Å². The standard InChI is InChI=1S/C15H16N2O2/c1-9-4-10(2)6-12(5-9)7-14-16-8-13(15(18)19)11(3)17-14/h4-6,8H,7H2,1-3H3,(H,18,19). The van der Waals surface area contributed by atoms with Crippen LogP contribution in [-0.4, -0.2) is 21.0 Å². The van der Waals surface area contributed by atoms with Crippen LogP contribution in [0.15, 0.2) is 24.4 Å². The highest BCUT2D eigenvalue weighted by atomic mass is 16.4. The van der Waals surface area contributed by atoms with Crippen molar-refractivity contribution < 1.29 is 9.90 Å². The van der Waals surface area contributed by atoms with E-state index in [1.165, 1.54) is 17.3 Å². The molecule has 0 aliphatic rings. The minimum atomic E-state index is -0.990. The number of carboxylic acid groups (broad SMARTS) is 1. The maximum atomic E-state index is 10.9. The van der Waals surface area contributed by atoms with Crippen LogP contribution in [-0.2, 0) is 6.42 Å². The SMILES string of the molecule is Cc1cc(C)cc(Cc2ncc(C(=O)O)c(C)n2)c1. The quantitative estimate of drug-likeness (QED) is 0.917. The molecule has 0 aliphatic carbocycles. The van der Waals surface area contributed by atoms with Gasteiger partial charge in [-0.3, -0.25) is 0 Å². The largest absolute Gasteiger partial charge is 0.478 e. The number of aryl methyl sites for hydroxylation is 3. The van der Waals surface area contributed by atoms with Gasteiger partial charge in [-0.25, -0.2) is 14.8 Å². The first-order valence-electron chi connectivity index (χ1n) is 6.08. The lowest BCUT2D eigenvalue weighted by Crippen LogP contribution is -2.06. The molecule has 0 unspecified atom stereocenters. The Hall–Kier alpha value is -2.23. The minimum absolute atomic E-state index is 0.157. The summed E-state index contributed by atoms with van der Waals surface area (Å²) in [6.45, 7) is 5.79. The molecule has 2 rings (SSSR count). The summed E-state index contributed by atoms with van der Waals surface area (Å²) >= 11 is 0. The van der Waals surface area contributed by atoms with E-state index < -0.39 is 5.97 Å². The summed E-state index contributed by atoms with van der Waals surface area (Å²) in [6, 6.07) is 6.30. The highest BCUT2D eigenvalue weighted by Crippen LogP contribution is 2.13. The Kier molecular flexibility index (Phi) is 3.60. The Labute approximate surface area is 112 Å². The molecular weight excluding hydrogens is 240 g/mol. The van der Waals surface area contributed by atoms with Gasteiger partial charge in [-0.15, -0.1) is 0 Å². The number of rotatable bonds is 3. The second kappa shape index (κ2) is 5.18. The van der Waals surface area contributed by atoms with Gasteiger partial charge in [-0.2, -0.15) is 0 Å². The second-order valence-electron chi connectivity index (χ2n) is 4.76. The predicted molar refractivity (Wildman–Crippen MR) is 72.5 cm³/mol. The van der Waals surface area contributed by atoms with E-state index in [0.29, 0.717) is 17.9 Å². The zero-order valence-corrected chi connectivity index (χ0v) is 11.3. The fraction of sp³-hybridized carbons (Fsp3) is 0.267. The molecular formula is C15H16N2O2. The van der Waals surface area contributed by atoms with Crippen LogP contribution in [0.25, 0.3) is 0 Å². The fourth-order valence-corrected chi connectivity index (χ4v) is 2.16. The number of hydrogen-bond acceptors (Lipinski definition) is 3. The molecule has 4 nitrogen and oxygen atoms in total. The Morgan fingerprint density at radius 2 is 1.79 bits per heavy atom. The third-order valence-corrected chi connectivity index (χ3v) is 2.90. The molecule has 1 aromatic carbocycles. The minimum Gasteiger partial charge on any atom is -0.478 e. The van der Waals surface area contributed by atoms with Gasteiger partial charge in [-0.05, 0) is 26.3 Å². The molecule has 1 aromatic heterocycles.